The smallest absolute Gasteiger partial charge is 0.159 e. The fourth-order valence-corrected chi connectivity index (χ4v) is 3.27. The second-order valence-electron chi connectivity index (χ2n) is 7.67. The maximum absolute atomic E-state index is 6.13. The van der Waals surface area contributed by atoms with Crippen molar-refractivity contribution < 1.29 is 9.47 Å². The number of allylic oxidation sites excluding steroid dienone is 1. The van der Waals surface area contributed by atoms with Gasteiger partial charge in [-0.3, -0.25) is 0 Å². The van der Waals surface area contributed by atoms with Gasteiger partial charge in [0, 0.05) is 13.0 Å². The predicted octanol–water partition coefficient (Wildman–Crippen LogP) is 5.36. The van der Waals surface area contributed by atoms with Gasteiger partial charge in [-0.15, -0.1) is 5.54 Å². The molecule has 0 aromatic heterocycles. The van der Waals surface area contributed by atoms with Crippen molar-refractivity contribution in [2.75, 3.05) is 6.61 Å². The zero-order chi connectivity index (χ0) is 18.0. The van der Waals surface area contributed by atoms with Crippen LogP contribution in [0.25, 0.3) is 0 Å². The Kier molecular flexibility index (Phi) is 8.47. The highest BCUT2D eigenvalue weighted by molar-refractivity contribution is 6.83. The molecule has 2 rings (SSSR count). The maximum atomic E-state index is 6.13. The summed E-state index contributed by atoms with van der Waals surface area (Å²) in [6.45, 7) is 7.61. The van der Waals surface area contributed by atoms with Crippen LogP contribution in [0.4, 0.5) is 0 Å². The largest absolute Gasteiger partial charge is 0.353 e. The summed E-state index contributed by atoms with van der Waals surface area (Å²) in [5.41, 5.74) is 4.84. The Balaban J connectivity index is 1.83. The number of hydrogen-bond donors (Lipinski definition) is 0. The molecule has 1 aromatic rings. The molecule has 1 saturated heterocycles. The zero-order valence-electron chi connectivity index (χ0n) is 16.0. The van der Waals surface area contributed by atoms with E-state index in [2.05, 4.69) is 73.6 Å². The van der Waals surface area contributed by atoms with Crippen molar-refractivity contribution in [2.45, 2.75) is 70.6 Å². The molecule has 0 spiro atoms. The highest BCUT2D eigenvalue weighted by Crippen LogP contribution is 2.17. The van der Waals surface area contributed by atoms with Crippen LogP contribution in [0.2, 0.25) is 19.6 Å². The first-order valence-electron chi connectivity index (χ1n) is 9.52. The Morgan fingerprint density at radius 2 is 2.00 bits per heavy atom. The molecule has 1 heterocycles. The average Bonchev–Trinajstić information content (AvgIpc) is 2.60. The summed E-state index contributed by atoms with van der Waals surface area (Å²) in [6.07, 6.45) is 10.6. The molecule has 2 unspecified atom stereocenters. The third-order valence-electron chi connectivity index (χ3n) is 4.02. The quantitative estimate of drug-likeness (QED) is 0.372. The molecule has 136 valence electrons. The summed E-state index contributed by atoms with van der Waals surface area (Å²) in [5.74, 6) is 3.37. The number of aryl methyl sites for hydroxylation is 1. The van der Waals surface area contributed by atoms with Gasteiger partial charge in [0.25, 0.3) is 0 Å². The van der Waals surface area contributed by atoms with Gasteiger partial charge in [0.1, 0.15) is 14.2 Å². The Morgan fingerprint density at radius 3 is 2.68 bits per heavy atom. The Bertz CT molecular complexity index is 572. The fraction of sp³-hybridized carbons (Fsp3) is 0.545. The lowest BCUT2D eigenvalue weighted by Gasteiger charge is -2.25. The molecule has 1 aliphatic heterocycles. The van der Waals surface area contributed by atoms with Crippen LogP contribution < -0.4 is 0 Å². The highest BCUT2D eigenvalue weighted by Gasteiger charge is 2.18. The lowest BCUT2D eigenvalue weighted by molar-refractivity contribution is -0.175. The molecule has 2 atom stereocenters. The monoisotopic (exact) mass is 356 g/mol. The molecule has 25 heavy (non-hydrogen) atoms. The zero-order valence-corrected chi connectivity index (χ0v) is 17.0. The molecule has 0 saturated carbocycles. The third-order valence-corrected chi connectivity index (χ3v) is 4.92. The summed E-state index contributed by atoms with van der Waals surface area (Å²) in [5, 5.41) is 0. The molecule has 0 amide bonds. The van der Waals surface area contributed by atoms with E-state index in [9.17, 15) is 0 Å². The molecular formula is C22H32O2Si. The number of rotatable bonds is 7. The highest BCUT2D eigenvalue weighted by atomic mass is 28.3. The minimum atomic E-state index is -1.39. The van der Waals surface area contributed by atoms with Gasteiger partial charge in [0.05, 0.1) is 0 Å². The van der Waals surface area contributed by atoms with Crippen molar-refractivity contribution >= 4 is 8.07 Å². The van der Waals surface area contributed by atoms with E-state index in [1.165, 1.54) is 12.0 Å². The van der Waals surface area contributed by atoms with Crippen molar-refractivity contribution in [3.05, 3.63) is 48.0 Å². The molecule has 1 fully saturated rings. The van der Waals surface area contributed by atoms with Gasteiger partial charge < -0.3 is 9.47 Å². The lowest BCUT2D eigenvalue weighted by atomic mass is 10.1. The van der Waals surface area contributed by atoms with E-state index in [-0.39, 0.29) is 12.4 Å². The predicted molar refractivity (Wildman–Crippen MR) is 108 cm³/mol. The van der Waals surface area contributed by atoms with Crippen LogP contribution in [0.5, 0.6) is 0 Å². The van der Waals surface area contributed by atoms with Gasteiger partial charge >= 0.3 is 0 Å². The van der Waals surface area contributed by atoms with Gasteiger partial charge in [-0.2, -0.15) is 0 Å². The molecule has 3 heteroatoms. The Morgan fingerprint density at radius 1 is 1.20 bits per heavy atom. The van der Waals surface area contributed by atoms with Crippen LogP contribution >= 0.6 is 0 Å². The van der Waals surface area contributed by atoms with E-state index in [1.54, 1.807) is 0 Å². The summed E-state index contributed by atoms with van der Waals surface area (Å²) >= 11 is 0. The summed E-state index contributed by atoms with van der Waals surface area (Å²) in [7, 11) is -1.39. The van der Waals surface area contributed by atoms with Gasteiger partial charge in [0.15, 0.2) is 6.29 Å². The van der Waals surface area contributed by atoms with E-state index in [0.717, 1.165) is 38.7 Å². The van der Waals surface area contributed by atoms with Crippen LogP contribution in [0.15, 0.2) is 42.5 Å². The molecule has 0 aliphatic carbocycles. The average molecular weight is 357 g/mol. The number of benzene rings is 1. The van der Waals surface area contributed by atoms with Gasteiger partial charge in [0.2, 0.25) is 0 Å². The molecule has 0 bridgehead atoms. The van der Waals surface area contributed by atoms with Crippen LogP contribution in [0.1, 0.15) is 37.7 Å². The van der Waals surface area contributed by atoms with E-state index in [0.29, 0.717) is 0 Å². The van der Waals surface area contributed by atoms with Crippen LogP contribution in [-0.4, -0.2) is 27.1 Å². The first kappa shape index (κ1) is 20.0. The Labute approximate surface area is 154 Å². The van der Waals surface area contributed by atoms with Crippen LogP contribution in [0, 0.1) is 11.5 Å². The van der Waals surface area contributed by atoms with Crippen LogP contribution in [0.3, 0.4) is 0 Å². The second kappa shape index (κ2) is 10.6. The summed E-state index contributed by atoms with van der Waals surface area (Å²) < 4.78 is 11.8. The van der Waals surface area contributed by atoms with E-state index < -0.39 is 8.07 Å². The van der Waals surface area contributed by atoms with E-state index >= 15 is 0 Å². The molecule has 0 N–H and O–H groups in total. The fourth-order valence-electron chi connectivity index (χ4n) is 2.68. The van der Waals surface area contributed by atoms with Crippen molar-refractivity contribution in [3.63, 3.8) is 0 Å². The lowest BCUT2D eigenvalue weighted by Crippen LogP contribution is -2.27. The molecule has 2 nitrogen and oxygen atoms in total. The van der Waals surface area contributed by atoms with Gasteiger partial charge in [-0.1, -0.05) is 68.0 Å². The van der Waals surface area contributed by atoms with Gasteiger partial charge in [-0.05, 0) is 37.7 Å². The topological polar surface area (TPSA) is 18.5 Å². The molecule has 1 aromatic carbocycles. The van der Waals surface area contributed by atoms with Crippen molar-refractivity contribution in [3.8, 4) is 11.5 Å². The number of hydrogen-bond acceptors (Lipinski definition) is 2. The standard InChI is InChI=1S/C22H32O2Si/c1-25(2,3)19-17-21(24-22-16-10-11-18-23-22)15-9-5-8-14-20-12-6-4-7-13-20/h4-7,9,12-13,21-22H,8,10-11,14-16,18H2,1-3H3. The third kappa shape index (κ3) is 9.07. The Hall–Kier alpha value is -1.34. The summed E-state index contributed by atoms with van der Waals surface area (Å²) in [6, 6.07) is 10.6. The van der Waals surface area contributed by atoms with Crippen molar-refractivity contribution in [2.24, 2.45) is 0 Å². The van der Waals surface area contributed by atoms with Gasteiger partial charge in [-0.25, -0.2) is 0 Å². The molecule has 1 aliphatic rings. The maximum Gasteiger partial charge on any atom is 0.159 e. The second-order valence-corrected chi connectivity index (χ2v) is 12.4. The van der Waals surface area contributed by atoms with Crippen molar-refractivity contribution in [1.29, 1.82) is 0 Å². The molecule has 0 radical (unpaired) electrons. The SMILES string of the molecule is C[Si](C)(C)C#CC(CC=CCCc1ccccc1)OC1CCCCO1. The first-order chi connectivity index (χ1) is 12.0. The number of ether oxygens (including phenoxy) is 2. The normalized spacial score (nSPS) is 19.4. The minimum absolute atomic E-state index is 0.0530. The minimum Gasteiger partial charge on any atom is -0.353 e. The van der Waals surface area contributed by atoms with Crippen molar-refractivity contribution in [1.82, 2.24) is 0 Å². The molecular weight excluding hydrogens is 324 g/mol. The first-order valence-corrected chi connectivity index (χ1v) is 13.0. The summed E-state index contributed by atoms with van der Waals surface area (Å²) in [4.78, 5) is 0. The van der Waals surface area contributed by atoms with E-state index in [4.69, 9.17) is 9.47 Å². The van der Waals surface area contributed by atoms with E-state index in [1.807, 2.05) is 0 Å². The van der Waals surface area contributed by atoms with Crippen LogP contribution in [-0.2, 0) is 15.9 Å².